The van der Waals surface area contributed by atoms with E-state index in [0.717, 1.165) is 31.7 Å². The zero-order chi connectivity index (χ0) is 14.6. The number of rotatable bonds is 4. The van der Waals surface area contributed by atoms with Crippen molar-refractivity contribution >= 4 is 30.1 Å². The highest BCUT2D eigenvalue weighted by Gasteiger charge is 2.43. The molecule has 0 radical (unpaired) electrons. The van der Waals surface area contributed by atoms with Gasteiger partial charge in [-0.15, -0.1) is 12.4 Å². The molecule has 1 spiro atoms. The largest absolute Gasteiger partial charge is 0.340 e. The molecule has 1 aliphatic heterocycles. The molecule has 2 rings (SSSR count). The van der Waals surface area contributed by atoms with Crippen LogP contribution in [0.5, 0.6) is 0 Å². The average Bonchev–Trinajstić information content (AvgIpc) is 2.50. The first-order chi connectivity index (χ1) is 9.61. The van der Waals surface area contributed by atoms with E-state index >= 15 is 0 Å². The van der Waals surface area contributed by atoms with Crippen LogP contribution in [0, 0.1) is 5.41 Å². The first-order valence-corrected chi connectivity index (χ1v) is 9.23. The summed E-state index contributed by atoms with van der Waals surface area (Å²) in [6.45, 7) is 6.55. The summed E-state index contributed by atoms with van der Waals surface area (Å²) >= 11 is 2.12. The Bertz CT molecular complexity index is 327. The normalized spacial score (nSPS) is 22.0. The van der Waals surface area contributed by atoms with E-state index in [1.165, 1.54) is 32.1 Å². The summed E-state index contributed by atoms with van der Waals surface area (Å²) in [6.07, 6.45) is 8.32. The molecule has 2 fully saturated rings. The summed E-state index contributed by atoms with van der Waals surface area (Å²) in [6, 6.07) is 0. The minimum atomic E-state index is -0.322. The standard InChI is InChI=1S/C16H30N2OS.ClH/c1-3-15(4-2,12-17)14(19)18-10-11-20-16(13-18)8-6-5-7-9-16;/h3-13,17H2,1-2H3;1H. The fourth-order valence-electron chi connectivity index (χ4n) is 3.78. The zero-order valence-electron chi connectivity index (χ0n) is 13.5. The molecule has 0 unspecified atom stereocenters. The van der Waals surface area contributed by atoms with Gasteiger partial charge in [-0.3, -0.25) is 4.79 Å². The van der Waals surface area contributed by atoms with Gasteiger partial charge in [0.25, 0.3) is 0 Å². The van der Waals surface area contributed by atoms with Crippen LogP contribution in [-0.4, -0.2) is 40.9 Å². The second-order valence-electron chi connectivity index (χ2n) is 6.51. The minimum absolute atomic E-state index is 0. The molecule has 1 amide bonds. The Balaban J connectivity index is 0.00000220. The van der Waals surface area contributed by atoms with Gasteiger partial charge in [0.15, 0.2) is 0 Å². The van der Waals surface area contributed by atoms with Gasteiger partial charge in [0.2, 0.25) is 5.91 Å². The van der Waals surface area contributed by atoms with Crippen molar-refractivity contribution in [2.75, 3.05) is 25.4 Å². The van der Waals surface area contributed by atoms with Crippen LogP contribution in [0.2, 0.25) is 0 Å². The lowest BCUT2D eigenvalue weighted by Crippen LogP contribution is -2.55. The molecule has 124 valence electrons. The number of hydrogen-bond acceptors (Lipinski definition) is 3. The van der Waals surface area contributed by atoms with Gasteiger partial charge in [0.05, 0.1) is 5.41 Å². The van der Waals surface area contributed by atoms with Crippen LogP contribution < -0.4 is 5.73 Å². The maximum absolute atomic E-state index is 13.0. The molecule has 1 saturated heterocycles. The lowest BCUT2D eigenvalue weighted by molar-refractivity contribution is -0.142. The van der Waals surface area contributed by atoms with Gasteiger partial charge < -0.3 is 10.6 Å². The van der Waals surface area contributed by atoms with Crippen molar-refractivity contribution in [3.63, 3.8) is 0 Å². The third kappa shape index (κ3) is 3.89. The summed E-state index contributed by atoms with van der Waals surface area (Å²) in [7, 11) is 0. The first kappa shape index (κ1) is 19.1. The van der Waals surface area contributed by atoms with Gasteiger partial charge in [-0.05, 0) is 25.7 Å². The second kappa shape index (κ2) is 8.07. The Hall–Kier alpha value is 0.0700. The van der Waals surface area contributed by atoms with E-state index in [1.807, 2.05) is 0 Å². The zero-order valence-corrected chi connectivity index (χ0v) is 15.2. The summed E-state index contributed by atoms with van der Waals surface area (Å²) < 4.78 is 0.355. The number of amides is 1. The van der Waals surface area contributed by atoms with Crippen LogP contribution in [-0.2, 0) is 4.79 Å². The van der Waals surface area contributed by atoms with Crippen molar-refractivity contribution < 1.29 is 4.79 Å². The highest BCUT2D eigenvalue weighted by Crippen LogP contribution is 2.43. The topological polar surface area (TPSA) is 46.3 Å². The van der Waals surface area contributed by atoms with Crippen LogP contribution in [0.1, 0.15) is 58.8 Å². The number of nitrogens with two attached hydrogens (primary N) is 1. The van der Waals surface area contributed by atoms with Crippen molar-refractivity contribution in [2.45, 2.75) is 63.5 Å². The molecule has 1 saturated carbocycles. The van der Waals surface area contributed by atoms with Crippen molar-refractivity contribution in [1.29, 1.82) is 0 Å². The van der Waals surface area contributed by atoms with Gasteiger partial charge in [-0.1, -0.05) is 33.1 Å². The number of hydrogen-bond donors (Lipinski definition) is 1. The van der Waals surface area contributed by atoms with E-state index in [2.05, 4.69) is 30.5 Å². The number of carbonyl (C=O) groups excluding carboxylic acids is 1. The summed E-state index contributed by atoms with van der Waals surface area (Å²) in [5, 5.41) is 0. The van der Waals surface area contributed by atoms with Crippen LogP contribution in [0.25, 0.3) is 0 Å². The van der Waals surface area contributed by atoms with Crippen LogP contribution in [0.4, 0.5) is 0 Å². The average molecular weight is 335 g/mol. The number of carbonyl (C=O) groups is 1. The Labute approximate surface area is 140 Å². The molecule has 0 aromatic rings. The second-order valence-corrected chi connectivity index (χ2v) is 8.07. The predicted molar refractivity (Wildman–Crippen MR) is 94.2 cm³/mol. The number of halogens is 1. The SMILES string of the molecule is CCC(CC)(CN)C(=O)N1CCSC2(CCCCC2)C1.Cl. The molecular weight excluding hydrogens is 304 g/mol. The van der Waals surface area contributed by atoms with Crippen LogP contribution >= 0.6 is 24.2 Å². The molecule has 1 heterocycles. The van der Waals surface area contributed by atoms with Crippen molar-refractivity contribution in [3.8, 4) is 0 Å². The van der Waals surface area contributed by atoms with E-state index in [0.29, 0.717) is 17.2 Å². The van der Waals surface area contributed by atoms with E-state index in [1.54, 1.807) is 0 Å². The molecule has 0 atom stereocenters. The summed E-state index contributed by atoms with van der Waals surface area (Å²) in [5.41, 5.74) is 5.63. The molecule has 0 aromatic carbocycles. The van der Waals surface area contributed by atoms with Crippen LogP contribution in [0.15, 0.2) is 0 Å². The van der Waals surface area contributed by atoms with Gasteiger partial charge in [-0.25, -0.2) is 0 Å². The Morgan fingerprint density at radius 1 is 1.24 bits per heavy atom. The summed E-state index contributed by atoms with van der Waals surface area (Å²) in [5.74, 6) is 1.41. The fraction of sp³-hybridized carbons (Fsp3) is 0.938. The van der Waals surface area contributed by atoms with Crippen molar-refractivity contribution in [3.05, 3.63) is 0 Å². The third-order valence-electron chi connectivity index (χ3n) is 5.50. The van der Waals surface area contributed by atoms with E-state index < -0.39 is 0 Å². The number of thioether (sulfide) groups is 1. The third-order valence-corrected chi connectivity index (χ3v) is 7.03. The molecule has 21 heavy (non-hydrogen) atoms. The molecule has 0 aromatic heterocycles. The van der Waals surface area contributed by atoms with Crippen LogP contribution in [0.3, 0.4) is 0 Å². The van der Waals surface area contributed by atoms with E-state index in [9.17, 15) is 4.79 Å². The fourth-order valence-corrected chi connectivity index (χ4v) is 5.35. The Morgan fingerprint density at radius 2 is 1.86 bits per heavy atom. The monoisotopic (exact) mass is 334 g/mol. The Morgan fingerprint density at radius 3 is 2.38 bits per heavy atom. The highest BCUT2D eigenvalue weighted by atomic mass is 35.5. The maximum atomic E-state index is 13.0. The van der Waals surface area contributed by atoms with Crippen molar-refractivity contribution in [2.24, 2.45) is 11.1 Å². The molecule has 2 N–H and O–H groups in total. The molecule has 2 aliphatic rings. The summed E-state index contributed by atoms with van der Waals surface area (Å²) in [4.78, 5) is 15.1. The molecule has 3 nitrogen and oxygen atoms in total. The number of nitrogens with zero attached hydrogens (tertiary/aromatic N) is 1. The first-order valence-electron chi connectivity index (χ1n) is 8.25. The lowest BCUT2D eigenvalue weighted by Gasteiger charge is -2.47. The minimum Gasteiger partial charge on any atom is -0.340 e. The van der Waals surface area contributed by atoms with Gasteiger partial charge >= 0.3 is 0 Å². The lowest BCUT2D eigenvalue weighted by atomic mass is 9.80. The van der Waals surface area contributed by atoms with Gasteiger partial charge in [0.1, 0.15) is 0 Å². The van der Waals surface area contributed by atoms with E-state index in [-0.39, 0.29) is 17.8 Å². The molecule has 1 aliphatic carbocycles. The highest BCUT2D eigenvalue weighted by molar-refractivity contribution is 8.00. The van der Waals surface area contributed by atoms with E-state index in [4.69, 9.17) is 5.73 Å². The quantitative estimate of drug-likeness (QED) is 0.856. The maximum Gasteiger partial charge on any atom is 0.230 e. The van der Waals surface area contributed by atoms with Crippen molar-refractivity contribution in [1.82, 2.24) is 4.90 Å². The smallest absolute Gasteiger partial charge is 0.230 e. The Kier molecular flexibility index (Phi) is 7.35. The van der Waals surface area contributed by atoms with Gasteiger partial charge in [-0.2, -0.15) is 11.8 Å². The predicted octanol–water partition coefficient (Wildman–Crippen LogP) is 3.45. The molecule has 0 bridgehead atoms. The molecule has 5 heteroatoms. The van der Waals surface area contributed by atoms with Gasteiger partial charge in [0, 0.05) is 30.1 Å². The molecular formula is C16H31ClN2OS.